The molecular formula is C13H20N2O2. The summed E-state index contributed by atoms with van der Waals surface area (Å²) in [5.41, 5.74) is 6.09. The first kappa shape index (κ1) is 12.2. The van der Waals surface area contributed by atoms with Crippen LogP contribution in [0.3, 0.4) is 0 Å². The Kier molecular flexibility index (Phi) is 3.52. The van der Waals surface area contributed by atoms with Crippen molar-refractivity contribution in [2.45, 2.75) is 39.3 Å². The largest absolute Gasteiger partial charge is 0.467 e. The molecule has 1 saturated heterocycles. The average molecular weight is 236 g/mol. The number of carbonyl (C=O) groups is 1. The second-order valence-electron chi connectivity index (χ2n) is 4.99. The summed E-state index contributed by atoms with van der Waals surface area (Å²) >= 11 is 0. The van der Waals surface area contributed by atoms with Gasteiger partial charge in [-0.2, -0.15) is 0 Å². The molecule has 94 valence electrons. The van der Waals surface area contributed by atoms with E-state index in [1.165, 1.54) is 12.7 Å². The van der Waals surface area contributed by atoms with Crippen molar-refractivity contribution < 1.29 is 9.21 Å². The fourth-order valence-electron chi connectivity index (χ4n) is 2.34. The van der Waals surface area contributed by atoms with Crippen molar-refractivity contribution in [2.24, 2.45) is 11.7 Å². The fourth-order valence-corrected chi connectivity index (χ4v) is 2.34. The quantitative estimate of drug-likeness (QED) is 0.854. The number of hydrogen-bond donors (Lipinski definition) is 1. The number of piperidine rings is 1. The van der Waals surface area contributed by atoms with Gasteiger partial charge in [0.05, 0.1) is 12.1 Å². The summed E-state index contributed by atoms with van der Waals surface area (Å²) in [6.07, 6.45) is 3.79. The molecule has 2 rings (SSSR count). The molecule has 1 aromatic heterocycles. The summed E-state index contributed by atoms with van der Waals surface area (Å²) in [5, 5.41) is 0. The van der Waals surface area contributed by atoms with E-state index in [-0.39, 0.29) is 5.91 Å². The third kappa shape index (κ3) is 2.52. The molecule has 4 nitrogen and oxygen atoms in total. The Balaban J connectivity index is 2.12. The highest BCUT2D eigenvalue weighted by Gasteiger charge is 2.28. The van der Waals surface area contributed by atoms with Crippen LogP contribution in [0.25, 0.3) is 0 Å². The van der Waals surface area contributed by atoms with Gasteiger partial charge in [-0.05, 0) is 31.7 Å². The molecule has 2 N–H and O–H groups in total. The van der Waals surface area contributed by atoms with Gasteiger partial charge in [-0.15, -0.1) is 0 Å². The zero-order valence-electron chi connectivity index (χ0n) is 10.5. The van der Waals surface area contributed by atoms with Crippen molar-refractivity contribution in [1.82, 2.24) is 4.90 Å². The molecule has 4 heteroatoms. The summed E-state index contributed by atoms with van der Waals surface area (Å²) < 4.78 is 5.22. The van der Waals surface area contributed by atoms with E-state index < -0.39 is 0 Å². The molecule has 2 heterocycles. The molecule has 1 amide bonds. The molecule has 0 aliphatic carbocycles. The molecule has 0 spiro atoms. The number of likely N-dealkylation sites (tertiary alicyclic amines) is 1. The van der Waals surface area contributed by atoms with Crippen LogP contribution in [0.4, 0.5) is 0 Å². The van der Waals surface area contributed by atoms with Crippen molar-refractivity contribution in [1.29, 1.82) is 0 Å². The van der Waals surface area contributed by atoms with Gasteiger partial charge in [-0.3, -0.25) is 4.79 Å². The van der Waals surface area contributed by atoms with Crippen molar-refractivity contribution in [2.75, 3.05) is 6.54 Å². The van der Waals surface area contributed by atoms with Crippen LogP contribution in [0.1, 0.15) is 42.8 Å². The molecule has 0 aromatic carbocycles. The minimum absolute atomic E-state index is 0.0625. The van der Waals surface area contributed by atoms with Gasteiger partial charge in [0, 0.05) is 12.6 Å². The maximum atomic E-state index is 12.3. The predicted octanol–water partition coefficient (Wildman–Crippen LogP) is 2.00. The minimum Gasteiger partial charge on any atom is -0.467 e. The van der Waals surface area contributed by atoms with Crippen LogP contribution in [-0.2, 0) is 6.54 Å². The fraction of sp³-hybridized carbons (Fsp3) is 0.615. The Morgan fingerprint density at radius 1 is 1.53 bits per heavy atom. The lowest BCUT2D eigenvalue weighted by molar-refractivity contribution is 0.0573. The highest BCUT2D eigenvalue weighted by molar-refractivity contribution is 5.94. The Bertz CT molecular complexity index is 400. The summed E-state index contributed by atoms with van der Waals surface area (Å²) in [4.78, 5) is 14.3. The van der Waals surface area contributed by atoms with E-state index >= 15 is 0 Å². The molecule has 17 heavy (non-hydrogen) atoms. The highest BCUT2D eigenvalue weighted by Crippen LogP contribution is 2.23. The summed E-state index contributed by atoms with van der Waals surface area (Å²) in [6.45, 7) is 5.46. The third-order valence-corrected chi connectivity index (χ3v) is 3.48. The normalized spacial score (nSPS) is 25.0. The number of nitrogens with two attached hydrogens (primary N) is 1. The van der Waals surface area contributed by atoms with Crippen molar-refractivity contribution in [3.05, 3.63) is 23.7 Å². The summed E-state index contributed by atoms with van der Waals surface area (Å²) in [5.74, 6) is 1.30. The molecule has 1 aromatic rings. The van der Waals surface area contributed by atoms with Gasteiger partial charge in [-0.1, -0.05) is 6.92 Å². The number of amides is 1. The van der Waals surface area contributed by atoms with Crippen molar-refractivity contribution in [3.8, 4) is 0 Å². The van der Waals surface area contributed by atoms with Crippen LogP contribution in [0, 0.1) is 5.92 Å². The van der Waals surface area contributed by atoms with E-state index in [1.807, 2.05) is 4.90 Å². The SMILES string of the molecule is CC1CCC(C)N(C(=O)c2coc(CN)c2)C1. The lowest BCUT2D eigenvalue weighted by Crippen LogP contribution is -2.44. The smallest absolute Gasteiger partial charge is 0.257 e. The zero-order chi connectivity index (χ0) is 12.4. The average Bonchev–Trinajstić information content (AvgIpc) is 2.80. The van der Waals surface area contributed by atoms with E-state index in [1.54, 1.807) is 6.07 Å². The zero-order valence-corrected chi connectivity index (χ0v) is 10.5. The second kappa shape index (κ2) is 4.92. The second-order valence-corrected chi connectivity index (χ2v) is 4.99. The summed E-state index contributed by atoms with van der Waals surface area (Å²) in [7, 11) is 0. The number of nitrogens with zero attached hydrogens (tertiary/aromatic N) is 1. The Labute approximate surface area is 102 Å². The third-order valence-electron chi connectivity index (χ3n) is 3.48. The minimum atomic E-state index is 0.0625. The van der Waals surface area contributed by atoms with E-state index in [9.17, 15) is 4.79 Å². The molecule has 2 unspecified atom stereocenters. The number of furan rings is 1. The van der Waals surface area contributed by atoms with Crippen LogP contribution < -0.4 is 5.73 Å². The molecule has 0 radical (unpaired) electrons. The van der Waals surface area contributed by atoms with Gasteiger partial charge < -0.3 is 15.1 Å². The summed E-state index contributed by atoms with van der Waals surface area (Å²) in [6, 6.07) is 2.06. The van der Waals surface area contributed by atoms with Crippen LogP contribution in [0.2, 0.25) is 0 Å². The first-order valence-corrected chi connectivity index (χ1v) is 6.20. The molecule has 2 atom stereocenters. The van der Waals surface area contributed by atoms with Gasteiger partial charge in [0.15, 0.2) is 0 Å². The Morgan fingerprint density at radius 3 is 2.94 bits per heavy atom. The molecule has 1 fully saturated rings. The van der Waals surface area contributed by atoms with E-state index in [4.69, 9.17) is 10.2 Å². The molecular weight excluding hydrogens is 216 g/mol. The van der Waals surface area contributed by atoms with Gasteiger partial charge in [0.25, 0.3) is 5.91 Å². The first-order valence-electron chi connectivity index (χ1n) is 6.20. The van der Waals surface area contributed by atoms with Crippen LogP contribution in [0.5, 0.6) is 0 Å². The Hall–Kier alpha value is -1.29. The number of hydrogen-bond acceptors (Lipinski definition) is 3. The molecule has 1 aliphatic rings. The van der Waals surface area contributed by atoms with Gasteiger partial charge in [-0.25, -0.2) is 0 Å². The lowest BCUT2D eigenvalue weighted by Gasteiger charge is -2.36. The molecule has 0 saturated carbocycles. The molecule has 1 aliphatic heterocycles. The van der Waals surface area contributed by atoms with Gasteiger partial charge >= 0.3 is 0 Å². The molecule has 0 bridgehead atoms. The monoisotopic (exact) mass is 236 g/mol. The van der Waals surface area contributed by atoms with Crippen LogP contribution >= 0.6 is 0 Å². The van der Waals surface area contributed by atoms with Gasteiger partial charge in [0.1, 0.15) is 12.0 Å². The predicted molar refractivity (Wildman–Crippen MR) is 65.5 cm³/mol. The maximum absolute atomic E-state index is 12.3. The van der Waals surface area contributed by atoms with E-state index in [0.717, 1.165) is 13.0 Å². The highest BCUT2D eigenvalue weighted by atomic mass is 16.3. The van der Waals surface area contributed by atoms with Gasteiger partial charge in [0.2, 0.25) is 0 Å². The van der Waals surface area contributed by atoms with Crippen LogP contribution in [0.15, 0.2) is 16.7 Å². The first-order chi connectivity index (χ1) is 8.11. The van der Waals surface area contributed by atoms with E-state index in [0.29, 0.717) is 29.8 Å². The number of carbonyl (C=O) groups excluding carboxylic acids is 1. The van der Waals surface area contributed by atoms with Crippen molar-refractivity contribution >= 4 is 5.91 Å². The maximum Gasteiger partial charge on any atom is 0.257 e. The van der Waals surface area contributed by atoms with E-state index in [2.05, 4.69) is 13.8 Å². The van der Waals surface area contributed by atoms with Crippen molar-refractivity contribution in [3.63, 3.8) is 0 Å². The van der Waals surface area contributed by atoms with Crippen LogP contribution in [-0.4, -0.2) is 23.4 Å². The lowest BCUT2D eigenvalue weighted by atomic mass is 9.94. The number of rotatable bonds is 2. The topological polar surface area (TPSA) is 59.5 Å². The Morgan fingerprint density at radius 2 is 2.29 bits per heavy atom. The standard InChI is InChI=1S/C13H20N2O2/c1-9-3-4-10(2)15(7-9)13(16)11-5-12(6-14)17-8-11/h5,8-10H,3-4,6-7,14H2,1-2H3.